The van der Waals surface area contributed by atoms with Crippen LogP contribution in [0.1, 0.15) is 15.9 Å². The molecule has 0 unspecified atom stereocenters. The third-order valence-electron chi connectivity index (χ3n) is 5.51. The number of hydrogen-bond acceptors (Lipinski definition) is 5. The summed E-state index contributed by atoms with van der Waals surface area (Å²) in [7, 11) is -3.99. The monoisotopic (exact) mass is 480 g/mol. The number of benzene rings is 5. The highest BCUT2D eigenvalue weighted by Gasteiger charge is 2.17. The van der Waals surface area contributed by atoms with E-state index >= 15 is 0 Å². The number of carbonyl (C=O) groups excluding carboxylic acids is 1. The van der Waals surface area contributed by atoms with Gasteiger partial charge in [0.25, 0.3) is 5.91 Å². The van der Waals surface area contributed by atoms with E-state index in [2.05, 4.69) is 10.5 Å². The maximum absolute atomic E-state index is 12.7. The van der Waals surface area contributed by atoms with Crippen molar-refractivity contribution < 1.29 is 17.4 Å². The number of nitrogens with zero attached hydrogens (tertiary/aromatic N) is 1. The number of fused-ring (bicyclic) bond motifs is 2. The van der Waals surface area contributed by atoms with Gasteiger partial charge in [-0.3, -0.25) is 4.79 Å². The molecule has 5 aromatic carbocycles. The minimum atomic E-state index is -3.99. The zero-order valence-corrected chi connectivity index (χ0v) is 19.3. The Labute approximate surface area is 202 Å². The van der Waals surface area contributed by atoms with Crippen molar-refractivity contribution in [3.8, 4) is 5.75 Å². The highest BCUT2D eigenvalue weighted by molar-refractivity contribution is 7.87. The number of nitrogens with one attached hydrogen (secondary N) is 1. The van der Waals surface area contributed by atoms with E-state index in [0.717, 1.165) is 21.5 Å². The zero-order valence-electron chi connectivity index (χ0n) is 18.5. The van der Waals surface area contributed by atoms with Crippen molar-refractivity contribution in [2.75, 3.05) is 0 Å². The van der Waals surface area contributed by atoms with Gasteiger partial charge in [0.15, 0.2) is 0 Å². The quantitative estimate of drug-likeness (QED) is 0.197. The molecule has 5 aromatic rings. The molecule has 172 valence electrons. The van der Waals surface area contributed by atoms with Gasteiger partial charge in [0.05, 0.1) is 6.21 Å². The van der Waals surface area contributed by atoms with E-state index < -0.39 is 10.1 Å². The lowest BCUT2D eigenvalue weighted by molar-refractivity contribution is 0.0956. The predicted octanol–water partition coefficient (Wildman–Crippen LogP) is 5.52. The smallest absolute Gasteiger partial charge is 0.339 e. The average molecular weight is 481 g/mol. The van der Waals surface area contributed by atoms with Crippen LogP contribution in [-0.4, -0.2) is 20.5 Å². The molecule has 0 aliphatic carbocycles. The molecule has 0 atom stereocenters. The van der Waals surface area contributed by atoms with Crippen LogP contribution in [-0.2, 0) is 10.1 Å². The van der Waals surface area contributed by atoms with Gasteiger partial charge in [0.1, 0.15) is 10.6 Å². The Morgan fingerprint density at radius 1 is 0.743 bits per heavy atom. The first-order chi connectivity index (χ1) is 17.0. The van der Waals surface area contributed by atoms with Crippen molar-refractivity contribution in [3.63, 3.8) is 0 Å². The van der Waals surface area contributed by atoms with E-state index in [1.54, 1.807) is 30.3 Å². The van der Waals surface area contributed by atoms with Crippen LogP contribution >= 0.6 is 0 Å². The molecule has 0 aromatic heterocycles. The fourth-order valence-electron chi connectivity index (χ4n) is 3.76. The molecule has 0 saturated carbocycles. The molecular weight excluding hydrogens is 460 g/mol. The van der Waals surface area contributed by atoms with Crippen LogP contribution in [0.2, 0.25) is 0 Å². The maximum atomic E-state index is 12.7. The lowest BCUT2D eigenvalue weighted by atomic mass is 10.0. The van der Waals surface area contributed by atoms with Gasteiger partial charge in [0, 0.05) is 5.56 Å². The lowest BCUT2D eigenvalue weighted by Gasteiger charge is -2.08. The Morgan fingerprint density at radius 2 is 1.43 bits per heavy atom. The number of hydrogen-bond donors (Lipinski definition) is 1. The lowest BCUT2D eigenvalue weighted by Crippen LogP contribution is -2.17. The molecule has 5 rings (SSSR count). The van der Waals surface area contributed by atoms with Crippen molar-refractivity contribution in [1.29, 1.82) is 0 Å². The molecule has 1 N–H and O–H groups in total. The normalized spacial score (nSPS) is 11.7. The van der Waals surface area contributed by atoms with Gasteiger partial charge in [-0.2, -0.15) is 13.5 Å². The molecule has 0 saturated heterocycles. The van der Waals surface area contributed by atoms with E-state index in [1.807, 2.05) is 60.7 Å². The molecule has 7 heteroatoms. The largest absolute Gasteiger partial charge is 0.379 e. The van der Waals surface area contributed by atoms with Crippen LogP contribution in [0.25, 0.3) is 21.5 Å². The second kappa shape index (κ2) is 9.40. The van der Waals surface area contributed by atoms with E-state index in [4.69, 9.17) is 4.18 Å². The summed E-state index contributed by atoms with van der Waals surface area (Å²) in [4.78, 5) is 12.6. The molecule has 0 heterocycles. The van der Waals surface area contributed by atoms with Gasteiger partial charge in [-0.15, -0.1) is 0 Å². The second-order valence-electron chi connectivity index (χ2n) is 7.84. The van der Waals surface area contributed by atoms with Gasteiger partial charge in [0.2, 0.25) is 0 Å². The summed E-state index contributed by atoms with van der Waals surface area (Å²) in [6.07, 6.45) is 1.48. The van der Waals surface area contributed by atoms with Crippen LogP contribution < -0.4 is 9.61 Å². The summed E-state index contributed by atoms with van der Waals surface area (Å²) < 4.78 is 30.7. The first-order valence-corrected chi connectivity index (χ1v) is 12.2. The Morgan fingerprint density at radius 3 is 2.23 bits per heavy atom. The summed E-state index contributed by atoms with van der Waals surface area (Å²) >= 11 is 0. The third kappa shape index (κ3) is 4.90. The van der Waals surface area contributed by atoms with Gasteiger partial charge in [-0.25, -0.2) is 5.43 Å². The third-order valence-corrected chi connectivity index (χ3v) is 6.75. The Kier molecular flexibility index (Phi) is 5.99. The van der Waals surface area contributed by atoms with Crippen molar-refractivity contribution in [2.45, 2.75) is 4.90 Å². The second-order valence-corrected chi connectivity index (χ2v) is 9.39. The van der Waals surface area contributed by atoms with Crippen LogP contribution in [0.15, 0.2) is 119 Å². The average Bonchev–Trinajstić information content (AvgIpc) is 2.89. The standard InChI is InChI=1S/C28H20N2O4S/c31-28(27-11-5-9-22-7-3-4-10-26(22)27)30-29-19-20-12-15-24(16-13-20)34-35(32,33)25-17-14-21-6-1-2-8-23(21)18-25/h1-19H,(H,30,31)/b29-19+. The fourth-order valence-corrected chi connectivity index (χ4v) is 4.72. The highest BCUT2D eigenvalue weighted by Crippen LogP contribution is 2.23. The fraction of sp³-hybridized carbons (Fsp3) is 0. The molecule has 6 nitrogen and oxygen atoms in total. The predicted molar refractivity (Wildman–Crippen MR) is 137 cm³/mol. The number of rotatable bonds is 6. The Balaban J connectivity index is 1.25. The van der Waals surface area contributed by atoms with Crippen molar-refractivity contribution in [3.05, 3.63) is 120 Å². The molecule has 0 aliphatic rings. The summed E-state index contributed by atoms with van der Waals surface area (Å²) in [5.41, 5.74) is 3.73. The zero-order chi connectivity index (χ0) is 24.3. The van der Waals surface area contributed by atoms with Gasteiger partial charge < -0.3 is 4.18 Å². The molecule has 0 aliphatic heterocycles. The molecule has 35 heavy (non-hydrogen) atoms. The van der Waals surface area contributed by atoms with Crippen LogP contribution in [0.3, 0.4) is 0 Å². The Hall–Kier alpha value is -4.49. The summed E-state index contributed by atoms with van der Waals surface area (Å²) in [5.74, 6) is -0.144. The number of carbonyl (C=O) groups is 1. The van der Waals surface area contributed by atoms with Gasteiger partial charge in [-0.1, -0.05) is 66.7 Å². The van der Waals surface area contributed by atoms with E-state index in [-0.39, 0.29) is 16.6 Å². The Bertz CT molecular complexity index is 1670. The topological polar surface area (TPSA) is 84.8 Å². The summed E-state index contributed by atoms with van der Waals surface area (Å²) in [6, 6.07) is 31.9. The van der Waals surface area contributed by atoms with E-state index in [0.29, 0.717) is 11.1 Å². The van der Waals surface area contributed by atoms with Crippen molar-refractivity contribution in [1.82, 2.24) is 5.43 Å². The van der Waals surface area contributed by atoms with Crippen molar-refractivity contribution in [2.24, 2.45) is 5.10 Å². The van der Waals surface area contributed by atoms with E-state index in [9.17, 15) is 13.2 Å². The molecule has 1 amide bonds. The SMILES string of the molecule is O=C(N/N=C/c1ccc(OS(=O)(=O)c2ccc3ccccc3c2)cc1)c1cccc2ccccc12. The molecule has 0 fully saturated rings. The van der Waals surface area contributed by atoms with E-state index in [1.165, 1.54) is 24.4 Å². The summed E-state index contributed by atoms with van der Waals surface area (Å²) in [6.45, 7) is 0. The van der Waals surface area contributed by atoms with Crippen LogP contribution in [0.4, 0.5) is 0 Å². The molecular formula is C28H20N2O4S. The van der Waals surface area contributed by atoms with Gasteiger partial charge in [-0.05, 0) is 69.6 Å². The maximum Gasteiger partial charge on any atom is 0.339 e. The molecule has 0 spiro atoms. The molecule has 0 bridgehead atoms. The van der Waals surface area contributed by atoms with Crippen LogP contribution in [0, 0.1) is 0 Å². The number of hydrazone groups is 1. The minimum absolute atomic E-state index is 0.0815. The highest BCUT2D eigenvalue weighted by atomic mass is 32.2. The number of amides is 1. The van der Waals surface area contributed by atoms with Gasteiger partial charge >= 0.3 is 10.1 Å². The van der Waals surface area contributed by atoms with Crippen molar-refractivity contribution >= 4 is 43.8 Å². The first kappa shape index (κ1) is 22.3. The van der Waals surface area contributed by atoms with Crippen LogP contribution in [0.5, 0.6) is 5.75 Å². The summed E-state index contributed by atoms with van der Waals surface area (Å²) in [5, 5.41) is 7.60. The first-order valence-electron chi connectivity index (χ1n) is 10.8. The molecule has 0 radical (unpaired) electrons. The minimum Gasteiger partial charge on any atom is -0.379 e.